The van der Waals surface area contributed by atoms with Crippen LogP contribution in [0, 0.1) is 5.92 Å². The topological polar surface area (TPSA) is 12.0 Å². The zero-order chi connectivity index (χ0) is 15.3. The highest BCUT2D eigenvalue weighted by molar-refractivity contribution is 9.10. The van der Waals surface area contributed by atoms with E-state index in [0.717, 1.165) is 19.4 Å². The summed E-state index contributed by atoms with van der Waals surface area (Å²) in [5.41, 5.74) is 0.0879. The maximum absolute atomic E-state index is 13.0. The third kappa shape index (κ3) is 4.48. The van der Waals surface area contributed by atoms with Crippen molar-refractivity contribution in [2.75, 3.05) is 6.54 Å². The first-order valence-corrected chi connectivity index (χ1v) is 7.70. The average Bonchev–Trinajstić information content (AvgIpc) is 2.39. The molecule has 0 aliphatic rings. The molecule has 114 valence electrons. The van der Waals surface area contributed by atoms with Crippen molar-refractivity contribution in [3.63, 3.8) is 0 Å². The van der Waals surface area contributed by atoms with Crippen LogP contribution in [0.3, 0.4) is 0 Å². The molecule has 0 radical (unpaired) electrons. The van der Waals surface area contributed by atoms with E-state index in [2.05, 4.69) is 35.1 Å². The van der Waals surface area contributed by atoms with Crippen LogP contribution in [-0.4, -0.2) is 6.54 Å². The van der Waals surface area contributed by atoms with Gasteiger partial charge in [-0.25, -0.2) is 0 Å². The highest BCUT2D eigenvalue weighted by Gasteiger charge is 2.34. The Bertz CT molecular complexity index is 432. The molecule has 0 saturated carbocycles. The molecule has 5 heteroatoms. The van der Waals surface area contributed by atoms with Crippen LogP contribution >= 0.6 is 15.9 Å². The Hall–Kier alpha value is -0.550. The Morgan fingerprint density at radius 2 is 1.90 bits per heavy atom. The molecule has 1 rings (SSSR count). The van der Waals surface area contributed by atoms with E-state index in [4.69, 9.17) is 0 Å². The minimum Gasteiger partial charge on any atom is -0.310 e. The van der Waals surface area contributed by atoms with Gasteiger partial charge in [-0.15, -0.1) is 0 Å². The van der Waals surface area contributed by atoms with E-state index in [9.17, 15) is 13.2 Å². The molecule has 0 spiro atoms. The van der Waals surface area contributed by atoms with Gasteiger partial charge in [0.05, 0.1) is 5.56 Å². The molecule has 0 fully saturated rings. The van der Waals surface area contributed by atoms with E-state index >= 15 is 0 Å². The minimum atomic E-state index is -4.33. The van der Waals surface area contributed by atoms with Crippen molar-refractivity contribution in [3.05, 3.63) is 33.8 Å². The quantitative estimate of drug-likeness (QED) is 0.707. The number of benzene rings is 1. The first kappa shape index (κ1) is 17.5. The number of nitrogens with one attached hydrogen (secondary N) is 1. The van der Waals surface area contributed by atoms with Crippen LogP contribution < -0.4 is 5.32 Å². The maximum Gasteiger partial charge on any atom is 0.417 e. The molecule has 2 atom stereocenters. The third-order valence-electron chi connectivity index (χ3n) is 3.48. The van der Waals surface area contributed by atoms with Crippen LogP contribution in [0.4, 0.5) is 13.2 Å². The molecular weight excluding hydrogens is 331 g/mol. The van der Waals surface area contributed by atoms with Crippen LogP contribution in [0.1, 0.15) is 50.8 Å². The van der Waals surface area contributed by atoms with Gasteiger partial charge in [-0.1, -0.05) is 49.2 Å². The van der Waals surface area contributed by atoms with Gasteiger partial charge in [0.2, 0.25) is 0 Å². The number of halogens is 4. The van der Waals surface area contributed by atoms with E-state index in [1.165, 1.54) is 12.1 Å². The smallest absolute Gasteiger partial charge is 0.310 e. The minimum absolute atomic E-state index is 0.0471. The number of hydrogen-bond acceptors (Lipinski definition) is 1. The number of rotatable bonds is 6. The first-order valence-electron chi connectivity index (χ1n) is 6.91. The van der Waals surface area contributed by atoms with Gasteiger partial charge in [0.25, 0.3) is 0 Å². The third-order valence-corrected chi connectivity index (χ3v) is 4.17. The monoisotopic (exact) mass is 351 g/mol. The van der Waals surface area contributed by atoms with E-state index in [0.29, 0.717) is 5.56 Å². The summed E-state index contributed by atoms with van der Waals surface area (Å²) in [7, 11) is 0. The Kier molecular flexibility index (Phi) is 6.52. The Labute approximate surface area is 127 Å². The molecule has 0 amide bonds. The summed E-state index contributed by atoms with van der Waals surface area (Å²) in [4.78, 5) is 0. The van der Waals surface area contributed by atoms with Crippen LogP contribution in [-0.2, 0) is 6.18 Å². The predicted octanol–water partition coefficient (Wildman–Crippen LogP) is 5.55. The highest BCUT2D eigenvalue weighted by Crippen LogP contribution is 2.37. The second-order valence-corrected chi connectivity index (χ2v) is 5.91. The van der Waals surface area contributed by atoms with E-state index < -0.39 is 11.7 Å². The number of hydrogen-bond donors (Lipinski definition) is 1. The van der Waals surface area contributed by atoms with Crippen LogP contribution in [0.25, 0.3) is 0 Å². The molecule has 0 aliphatic heterocycles. The van der Waals surface area contributed by atoms with Crippen LogP contribution in [0.5, 0.6) is 0 Å². The van der Waals surface area contributed by atoms with Gasteiger partial charge in [0.15, 0.2) is 0 Å². The molecule has 1 aromatic rings. The molecule has 1 aromatic carbocycles. The summed E-state index contributed by atoms with van der Waals surface area (Å²) >= 11 is 2.98. The fourth-order valence-electron chi connectivity index (χ4n) is 2.14. The van der Waals surface area contributed by atoms with Gasteiger partial charge in [0, 0.05) is 10.5 Å². The largest absolute Gasteiger partial charge is 0.417 e. The Morgan fingerprint density at radius 1 is 1.25 bits per heavy atom. The second kappa shape index (κ2) is 7.46. The standard InChI is InChI=1S/C15H21BrF3N/c1-4-8-20-14(10(3)5-2)11-6-7-13(16)12(9-11)15(17,18)19/h6-7,9-10,14,20H,4-5,8H2,1-3H3. The molecule has 0 heterocycles. The first-order chi connectivity index (χ1) is 9.31. The van der Waals surface area contributed by atoms with Gasteiger partial charge < -0.3 is 5.32 Å². The average molecular weight is 352 g/mol. The molecule has 1 nitrogen and oxygen atoms in total. The van der Waals surface area contributed by atoms with Crippen molar-refractivity contribution in [1.82, 2.24) is 5.32 Å². The summed E-state index contributed by atoms with van der Waals surface area (Å²) in [6.07, 6.45) is -2.46. The van der Waals surface area contributed by atoms with Gasteiger partial charge in [0.1, 0.15) is 0 Å². The van der Waals surface area contributed by atoms with Gasteiger partial charge in [-0.05, 0) is 36.6 Å². The van der Waals surface area contributed by atoms with Crippen molar-refractivity contribution < 1.29 is 13.2 Å². The lowest BCUT2D eigenvalue weighted by Gasteiger charge is -2.26. The number of alkyl halides is 3. The van der Waals surface area contributed by atoms with Crippen molar-refractivity contribution in [3.8, 4) is 0 Å². The summed E-state index contributed by atoms with van der Waals surface area (Å²) in [6, 6.07) is 4.46. The lowest BCUT2D eigenvalue weighted by Crippen LogP contribution is -2.27. The highest BCUT2D eigenvalue weighted by atomic mass is 79.9. The van der Waals surface area contributed by atoms with Crippen LogP contribution in [0.2, 0.25) is 0 Å². The van der Waals surface area contributed by atoms with Crippen molar-refractivity contribution in [2.45, 2.75) is 45.8 Å². The van der Waals surface area contributed by atoms with Crippen molar-refractivity contribution in [1.29, 1.82) is 0 Å². The second-order valence-electron chi connectivity index (χ2n) is 5.05. The summed E-state index contributed by atoms with van der Waals surface area (Å²) in [5.74, 6) is 0.281. The van der Waals surface area contributed by atoms with E-state index in [1.54, 1.807) is 6.07 Å². The van der Waals surface area contributed by atoms with Crippen molar-refractivity contribution in [2.24, 2.45) is 5.92 Å². The summed E-state index contributed by atoms with van der Waals surface area (Å²) in [6.45, 7) is 6.95. The Balaban J connectivity index is 3.14. The molecule has 2 unspecified atom stereocenters. The Morgan fingerprint density at radius 3 is 2.40 bits per heavy atom. The SMILES string of the molecule is CCCNC(c1ccc(Br)c(C(F)(F)F)c1)C(C)CC. The molecule has 20 heavy (non-hydrogen) atoms. The molecule has 0 saturated heterocycles. The van der Waals surface area contributed by atoms with Gasteiger partial charge in [-0.3, -0.25) is 0 Å². The lowest BCUT2D eigenvalue weighted by atomic mass is 9.91. The van der Waals surface area contributed by atoms with Gasteiger partial charge in [-0.2, -0.15) is 13.2 Å². The molecule has 0 aliphatic carbocycles. The fourth-order valence-corrected chi connectivity index (χ4v) is 2.61. The van der Waals surface area contributed by atoms with Crippen molar-refractivity contribution >= 4 is 15.9 Å². The fraction of sp³-hybridized carbons (Fsp3) is 0.600. The summed E-state index contributed by atoms with van der Waals surface area (Å²) < 4.78 is 39.0. The lowest BCUT2D eigenvalue weighted by molar-refractivity contribution is -0.138. The summed E-state index contributed by atoms with van der Waals surface area (Å²) in [5, 5.41) is 3.35. The zero-order valence-corrected chi connectivity index (χ0v) is 13.6. The molecule has 0 bridgehead atoms. The molecule has 1 N–H and O–H groups in total. The van der Waals surface area contributed by atoms with Crippen LogP contribution in [0.15, 0.2) is 22.7 Å². The molecular formula is C15H21BrF3N. The normalized spacial score (nSPS) is 15.2. The maximum atomic E-state index is 13.0. The zero-order valence-electron chi connectivity index (χ0n) is 12.0. The van der Waals surface area contributed by atoms with Gasteiger partial charge >= 0.3 is 6.18 Å². The molecule has 0 aromatic heterocycles. The predicted molar refractivity (Wildman–Crippen MR) is 79.6 cm³/mol. The van der Waals surface area contributed by atoms with E-state index in [1.807, 2.05) is 6.92 Å². The van der Waals surface area contributed by atoms with E-state index in [-0.39, 0.29) is 16.4 Å².